The first-order chi connectivity index (χ1) is 15.8. The Balaban J connectivity index is 1.70. The predicted molar refractivity (Wildman–Crippen MR) is 131 cm³/mol. The number of fused-ring (bicyclic) bond motifs is 6. The highest BCUT2D eigenvalue weighted by Crippen LogP contribution is 2.35. The molecule has 1 aliphatic heterocycles. The summed E-state index contributed by atoms with van der Waals surface area (Å²) in [5.41, 5.74) is 8.59. The van der Waals surface area contributed by atoms with Crippen molar-refractivity contribution in [3.63, 3.8) is 0 Å². The SMILES string of the molecule is CCN1C(=Cc2c(C#N)c3nc4ccccc4n3c3ccccc23)C=Cc2ccccc21. The van der Waals surface area contributed by atoms with Crippen LogP contribution in [0.3, 0.4) is 0 Å². The van der Waals surface area contributed by atoms with E-state index in [-0.39, 0.29) is 0 Å². The maximum Gasteiger partial charge on any atom is 0.157 e. The molecule has 0 amide bonds. The molecule has 0 fully saturated rings. The van der Waals surface area contributed by atoms with Crippen molar-refractivity contribution >= 4 is 45.4 Å². The van der Waals surface area contributed by atoms with Gasteiger partial charge < -0.3 is 4.90 Å². The maximum absolute atomic E-state index is 10.2. The second-order valence-electron chi connectivity index (χ2n) is 7.88. The number of rotatable bonds is 2. The zero-order chi connectivity index (χ0) is 21.7. The number of hydrogen-bond acceptors (Lipinski definition) is 3. The summed E-state index contributed by atoms with van der Waals surface area (Å²) in [6, 6.07) is 27.2. The number of nitriles is 1. The quantitative estimate of drug-likeness (QED) is 0.337. The fraction of sp³-hybridized carbons (Fsp3) is 0.0714. The largest absolute Gasteiger partial charge is 0.341 e. The minimum absolute atomic E-state index is 0.593. The van der Waals surface area contributed by atoms with E-state index in [4.69, 9.17) is 4.98 Å². The van der Waals surface area contributed by atoms with E-state index in [1.165, 1.54) is 11.3 Å². The van der Waals surface area contributed by atoms with Gasteiger partial charge in [0.25, 0.3) is 0 Å². The summed E-state index contributed by atoms with van der Waals surface area (Å²) in [6.45, 7) is 2.99. The number of imidazole rings is 1. The number of allylic oxidation sites excluding steroid dienone is 1. The molecule has 0 saturated heterocycles. The molecule has 3 heterocycles. The molecule has 1 aliphatic rings. The third kappa shape index (κ3) is 2.58. The minimum atomic E-state index is 0.593. The molecular weight excluding hydrogens is 392 g/mol. The van der Waals surface area contributed by atoms with E-state index in [0.717, 1.165) is 39.7 Å². The van der Waals surface area contributed by atoms with Crippen LogP contribution in [0.15, 0.2) is 84.6 Å². The van der Waals surface area contributed by atoms with Crippen LogP contribution < -0.4 is 4.90 Å². The van der Waals surface area contributed by atoms with Gasteiger partial charge in [-0.1, -0.05) is 54.6 Å². The lowest BCUT2D eigenvalue weighted by Gasteiger charge is -2.29. The van der Waals surface area contributed by atoms with Gasteiger partial charge in [0, 0.05) is 28.9 Å². The van der Waals surface area contributed by atoms with E-state index in [1.807, 2.05) is 30.3 Å². The van der Waals surface area contributed by atoms with Gasteiger partial charge in [0.05, 0.1) is 16.6 Å². The summed E-state index contributed by atoms with van der Waals surface area (Å²) in [5.74, 6) is 0. The van der Waals surface area contributed by atoms with Crippen molar-refractivity contribution in [3.8, 4) is 6.07 Å². The highest BCUT2D eigenvalue weighted by atomic mass is 15.1. The molecule has 0 radical (unpaired) electrons. The van der Waals surface area contributed by atoms with Crippen molar-refractivity contribution in [1.29, 1.82) is 5.26 Å². The van der Waals surface area contributed by atoms with Gasteiger partial charge in [0.1, 0.15) is 11.6 Å². The van der Waals surface area contributed by atoms with Gasteiger partial charge in [0.2, 0.25) is 0 Å². The fourth-order valence-electron chi connectivity index (χ4n) is 4.75. The Bertz CT molecular complexity index is 1630. The number of pyridine rings is 1. The van der Waals surface area contributed by atoms with Crippen molar-refractivity contribution in [2.24, 2.45) is 0 Å². The highest BCUT2D eigenvalue weighted by molar-refractivity contribution is 6.00. The van der Waals surface area contributed by atoms with Crippen molar-refractivity contribution in [1.82, 2.24) is 9.38 Å². The lowest BCUT2D eigenvalue weighted by Crippen LogP contribution is -2.23. The van der Waals surface area contributed by atoms with Crippen LogP contribution in [0, 0.1) is 11.3 Å². The average Bonchev–Trinajstić information content (AvgIpc) is 3.23. The van der Waals surface area contributed by atoms with Crippen LogP contribution in [0.1, 0.15) is 23.6 Å². The minimum Gasteiger partial charge on any atom is -0.341 e. The van der Waals surface area contributed by atoms with E-state index in [2.05, 4.69) is 83.0 Å². The fourth-order valence-corrected chi connectivity index (χ4v) is 4.75. The monoisotopic (exact) mass is 412 g/mol. The van der Waals surface area contributed by atoms with Gasteiger partial charge in [-0.2, -0.15) is 5.26 Å². The van der Waals surface area contributed by atoms with E-state index in [9.17, 15) is 5.26 Å². The van der Waals surface area contributed by atoms with Crippen LogP contribution in [0.25, 0.3) is 39.7 Å². The molecule has 5 aromatic rings. The molecule has 0 spiro atoms. The molecule has 4 heteroatoms. The first-order valence-corrected chi connectivity index (χ1v) is 10.8. The summed E-state index contributed by atoms with van der Waals surface area (Å²) < 4.78 is 2.11. The molecule has 0 atom stereocenters. The van der Waals surface area contributed by atoms with Gasteiger partial charge in [-0.05, 0) is 48.9 Å². The van der Waals surface area contributed by atoms with E-state index < -0.39 is 0 Å². The van der Waals surface area contributed by atoms with E-state index in [0.29, 0.717) is 11.2 Å². The lowest BCUT2D eigenvalue weighted by atomic mass is 9.99. The molecule has 2 aromatic heterocycles. The number of benzene rings is 3. The van der Waals surface area contributed by atoms with Crippen LogP contribution in [0.2, 0.25) is 0 Å². The third-order valence-corrected chi connectivity index (χ3v) is 6.18. The van der Waals surface area contributed by atoms with Gasteiger partial charge in [-0.25, -0.2) is 4.98 Å². The van der Waals surface area contributed by atoms with Crippen LogP contribution in [0.5, 0.6) is 0 Å². The second kappa shape index (κ2) is 7.11. The Hall–Kier alpha value is -4.36. The summed E-state index contributed by atoms with van der Waals surface area (Å²) >= 11 is 0. The Morgan fingerprint density at radius 3 is 2.50 bits per heavy atom. The van der Waals surface area contributed by atoms with Gasteiger partial charge >= 0.3 is 0 Å². The highest BCUT2D eigenvalue weighted by Gasteiger charge is 2.20. The molecule has 32 heavy (non-hydrogen) atoms. The Morgan fingerprint density at radius 2 is 1.66 bits per heavy atom. The van der Waals surface area contributed by atoms with Gasteiger partial charge in [-0.15, -0.1) is 0 Å². The predicted octanol–water partition coefficient (Wildman–Crippen LogP) is 6.41. The molecule has 0 bridgehead atoms. The topological polar surface area (TPSA) is 44.3 Å². The molecule has 0 N–H and O–H groups in total. The lowest BCUT2D eigenvalue weighted by molar-refractivity contribution is 0.977. The Kier molecular flexibility index (Phi) is 4.09. The van der Waals surface area contributed by atoms with Crippen molar-refractivity contribution in [2.45, 2.75) is 6.92 Å². The number of hydrogen-bond donors (Lipinski definition) is 0. The summed E-state index contributed by atoms with van der Waals surface area (Å²) in [7, 11) is 0. The number of para-hydroxylation sites is 4. The summed E-state index contributed by atoms with van der Waals surface area (Å²) in [6.07, 6.45) is 6.41. The molecule has 4 nitrogen and oxygen atoms in total. The van der Waals surface area contributed by atoms with Crippen molar-refractivity contribution in [2.75, 3.05) is 11.4 Å². The van der Waals surface area contributed by atoms with Crippen LogP contribution in [-0.4, -0.2) is 15.9 Å². The summed E-state index contributed by atoms with van der Waals surface area (Å²) in [4.78, 5) is 7.13. The standard InChI is InChI=1S/C28H20N4/c1-2-31-20(16-15-19-9-3-6-12-25(19)31)17-22-21-10-4-7-13-26(21)32-27-14-8-5-11-24(27)30-28(32)23(22)18-29/h3-17H,2H2,1H3. The number of likely N-dealkylation sites (N-methyl/N-ethyl adjacent to an activating group) is 1. The molecule has 0 aliphatic carbocycles. The third-order valence-electron chi connectivity index (χ3n) is 6.18. The molecule has 6 rings (SSSR count). The van der Waals surface area contributed by atoms with Gasteiger partial charge in [-0.3, -0.25) is 4.40 Å². The molecule has 3 aromatic carbocycles. The van der Waals surface area contributed by atoms with Crippen LogP contribution in [-0.2, 0) is 0 Å². The Labute approximate surface area is 186 Å². The molecule has 0 unspecified atom stereocenters. The van der Waals surface area contributed by atoms with Crippen molar-refractivity contribution in [3.05, 3.63) is 101 Å². The maximum atomic E-state index is 10.2. The number of nitrogens with zero attached hydrogens (tertiary/aromatic N) is 4. The zero-order valence-electron chi connectivity index (χ0n) is 17.7. The summed E-state index contributed by atoms with van der Waals surface area (Å²) in [5, 5.41) is 11.3. The Morgan fingerprint density at radius 1 is 0.906 bits per heavy atom. The molecule has 0 saturated carbocycles. The van der Waals surface area contributed by atoms with Crippen LogP contribution in [0.4, 0.5) is 5.69 Å². The zero-order valence-corrected chi connectivity index (χ0v) is 17.7. The smallest absolute Gasteiger partial charge is 0.157 e. The normalized spacial score (nSPS) is 14.4. The molecule has 152 valence electrons. The molecular formula is C28H20N4. The van der Waals surface area contributed by atoms with E-state index >= 15 is 0 Å². The first-order valence-electron chi connectivity index (χ1n) is 10.8. The number of aromatic nitrogens is 2. The second-order valence-corrected chi connectivity index (χ2v) is 7.88. The average molecular weight is 412 g/mol. The first kappa shape index (κ1) is 18.4. The van der Waals surface area contributed by atoms with Crippen LogP contribution >= 0.6 is 0 Å². The van der Waals surface area contributed by atoms with E-state index in [1.54, 1.807) is 0 Å². The number of anilines is 1. The van der Waals surface area contributed by atoms with Gasteiger partial charge in [0.15, 0.2) is 5.65 Å². The van der Waals surface area contributed by atoms with Crippen molar-refractivity contribution < 1.29 is 0 Å².